The van der Waals surface area contributed by atoms with Gasteiger partial charge in [0.05, 0.1) is 73.1 Å². The Morgan fingerprint density at radius 3 is 1.36 bits per heavy atom. The molecule has 2 aromatic carbocycles. The van der Waals surface area contributed by atoms with Crippen molar-refractivity contribution < 1.29 is 38.9 Å². The van der Waals surface area contributed by atoms with Gasteiger partial charge in [-0.1, -0.05) is 0 Å². The summed E-state index contributed by atoms with van der Waals surface area (Å²) in [6.07, 6.45) is 24.7. The molecule has 22 heteroatoms. The number of benzene rings is 2. The molecule has 4 fully saturated rings. The number of methoxy groups -OCH3 is 2. The van der Waals surface area contributed by atoms with Crippen molar-refractivity contribution in [3.8, 4) is 11.5 Å². The van der Waals surface area contributed by atoms with E-state index in [0.29, 0.717) is 58.1 Å². The van der Waals surface area contributed by atoms with Gasteiger partial charge in [-0.25, -0.2) is 19.0 Å². The lowest BCUT2D eigenvalue weighted by molar-refractivity contribution is -0.137. The maximum atomic E-state index is 13.2. The van der Waals surface area contributed by atoms with Crippen LogP contribution in [0.5, 0.6) is 11.5 Å². The number of aliphatic hydroxyl groups is 2. The summed E-state index contributed by atoms with van der Waals surface area (Å²) < 4.78 is 18.3. The van der Waals surface area contributed by atoms with Gasteiger partial charge in [-0.05, 0) is 114 Å². The van der Waals surface area contributed by atoms with Crippen LogP contribution in [0.25, 0.3) is 33.1 Å². The number of nitrogens with zero attached hydrogens (tertiary/aromatic N) is 12. The van der Waals surface area contributed by atoms with E-state index in [9.17, 15) is 29.4 Å². The Kier molecular flexibility index (Phi) is 14.8. The van der Waals surface area contributed by atoms with Crippen molar-refractivity contribution in [2.45, 2.75) is 126 Å². The van der Waals surface area contributed by atoms with Crippen molar-refractivity contribution in [1.29, 1.82) is 0 Å². The van der Waals surface area contributed by atoms with Crippen LogP contribution in [0.3, 0.4) is 0 Å². The molecule has 4 aliphatic rings. The fraction of sp³-hybridized carbons (Fsp3) is 0.464. The number of fused-ring (bicyclic) bond motifs is 4. The maximum Gasteiger partial charge on any atom is 0.259 e. The zero-order valence-electron chi connectivity index (χ0n) is 44.3. The summed E-state index contributed by atoms with van der Waals surface area (Å²) in [5.41, 5.74) is 4.47. The van der Waals surface area contributed by atoms with Gasteiger partial charge in [-0.2, -0.15) is 20.4 Å². The Morgan fingerprint density at radius 2 is 0.987 bits per heavy atom. The number of amides is 4. The van der Waals surface area contributed by atoms with E-state index in [-0.39, 0.29) is 71.8 Å². The summed E-state index contributed by atoms with van der Waals surface area (Å²) in [6.45, 7) is 0. The third-order valence-electron chi connectivity index (χ3n) is 16.6. The molecule has 12 rings (SSSR count). The lowest BCUT2D eigenvalue weighted by atomic mass is 9.89. The van der Waals surface area contributed by atoms with Gasteiger partial charge in [-0.15, -0.1) is 0 Å². The van der Waals surface area contributed by atoms with E-state index in [1.54, 1.807) is 82.6 Å². The quantitative estimate of drug-likeness (QED) is 0.0973. The average Bonchev–Trinajstić information content (AvgIpc) is 4.41. The summed E-state index contributed by atoms with van der Waals surface area (Å²) in [5.74, 6) is 0.478. The van der Waals surface area contributed by atoms with Crippen LogP contribution >= 0.6 is 0 Å². The largest absolute Gasteiger partial charge is 0.496 e. The number of carbonyl (C=O) groups is 4. The number of rotatable bonds is 12. The fourth-order valence-corrected chi connectivity index (χ4v) is 12.1. The topological polar surface area (TPSA) is 254 Å². The van der Waals surface area contributed by atoms with Crippen LogP contribution in [-0.2, 0) is 9.59 Å². The second kappa shape index (κ2) is 22.2. The zero-order chi connectivity index (χ0) is 54.2. The lowest BCUT2D eigenvalue weighted by Gasteiger charge is -2.36. The van der Waals surface area contributed by atoms with E-state index in [2.05, 4.69) is 30.8 Å². The highest BCUT2D eigenvalue weighted by molar-refractivity contribution is 6.10. The van der Waals surface area contributed by atoms with Gasteiger partial charge in [0.25, 0.3) is 11.8 Å². The summed E-state index contributed by atoms with van der Waals surface area (Å²) in [7, 11) is 6.89. The summed E-state index contributed by atoms with van der Waals surface area (Å²) >= 11 is 0. The molecule has 6 aromatic heterocycles. The smallest absolute Gasteiger partial charge is 0.259 e. The molecule has 4 saturated carbocycles. The molecule has 0 radical (unpaired) electrons. The van der Waals surface area contributed by atoms with Crippen molar-refractivity contribution in [2.24, 2.45) is 11.8 Å². The standard InChI is InChI=1S/2C28H33N7O4/c2*1-33(28(38)17-4-9-21(36)12-17)19-5-7-20(8-6-19)35-16-18-13-22(25(39-2)14-23(18)32-35)27(37)31-24-15-30-34-11-3-10-29-26(24)34/h2*3,10-11,13-17,19-21,36H,4-9,12H2,1-2H3,(H,31,37)/t2*17-,19?,20?,21+/m11/s1. The molecule has 0 bridgehead atoms. The molecule has 4 amide bonds. The van der Waals surface area contributed by atoms with Crippen LogP contribution in [0.1, 0.15) is 123 Å². The van der Waals surface area contributed by atoms with Gasteiger partial charge in [0.2, 0.25) is 11.8 Å². The molecule has 78 heavy (non-hydrogen) atoms. The second-order valence-electron chi connectivity index (χ2n) is 21.4. The minimum absolute atomic E-state index is 0.0513. The van der Waals surface area contributed by atoms with E-state index in [1.165, 1.54) is 14.2 Å². The van der Waals surface area contributed by atoms with Gasteiger partial charge in [0, 0.05) is 98.1 Å². The zero-order valence-corrected chi connectivity index (χ0v) is 44.3. The van der Waals surface area contributed by atoms with Gasteiger partial charge < -0.3 is 40.1 Å². The van der Waals surface area contributed by atoms with Crippen LogP contribution in [0, 0.1) is 11.8 Å². The summed E-state index contributed by atoms with van der Waals surface area (Å²) in [6, 6.07) is 11.6. The number of nitrogens with one attached hydrogen (secondary N) is 2. The Balaban J connectivity index is 0.000000165. The van der Waals surface area contributed by atoms with E-state index in [1.807, 2.05) is 45.7 Å². The molecule has 0 saturated heterocycles. The molecule has 408 valence electrons. The van der Waals surface area contributed by atoms with E-state index < -0.39 is 0 Å². The summed E-state index contributed by atoms with van der Waals surface area (Å²) in [4.78, 5) is 64.7. The monoisotopic (exact) mass is 1060 g/mol. The van der Waals surface area contributed by atoms with Crippen LogP contribution in [0.15, 0.2) is 86.0 Å². The highest BCUT2D eigenvalue weighted by atomic mass is 16.5. The Labute approximate surface area is 449 Å². The van der Waals surface area contributed by atoms with Crippen LogP contribution < -0.4 is 20.1 Å². The first-order valence-electron chi connectivity index (χ1n) is 27.0. The third-order valence-corrected chi connectivity index (χ3v) is 16.6. The van der Waals surface area contributed by atoms with E-state index in [4.69, 9.17) is 19.7 Å². The molecular formula is C56H66N14O8. The van der Waals surface area contributed by atoms with Crippen molar-refractivity contribution in [3.05, 3.63) is 97.1 Å². The Morgan fingerprint density at radius 1 is 0.577 bits per heavy atom. The van der Waals surface area contributed by atoms with Crippen LogP contribution in [0.2, 0.25) is 0 Å². The molecule has 0 spiro atoms. The second-order valence-corrected chi connectivity index (χ2v) is 21.4. The molecule has 8 aromatic rings. The number of hydrogen-bond acceptors (Lipinski definition) is 14. The number of carbonyl (C=O) groups excluding carboxylic acids is 4. The average molecular weight is 1060 g/mol. The minimum Gasteiger partial charge on any atom is -0.496 e. The lowest BCUT2D eigenvalue weighted by Crippen LogP contribution is -2.42. The van der Waals surface area contributed by atoms with E-state index >= 15 is 0 Å². The molecule has 0 unspecified atom stereocenters. The minimum atomic E-state index is -0.342. The van der Waals surface area contributed by atoms with Crippen molar-refractivity contribution in [3.63, 3.8) is 0 Å². The number of aromatic nitrogens is 10. The Hall–Kier alpha value is -7.98. The predicted octanol–water partition coefficient (Wildman–Crippen LogP) is 6.89. The van der Waals surface area contributed by atoms with E-state index in [0.717, 1.165) is 98.9 Å². The SMILES string of the molecule is COc1cc2nn(C3CCC(N(C)C(=O)[C@@H]4CC[C@H](O)C4)CC3)cc2cc1C(=O)Nc1cnn2cccnc12.COc1cc2nn(C3CCC(N(C)C(=O)[C@@H]4CC[C@H](O)C4)CC3)cc2cc1C(=O)Nc1cnn2cccnc12. The number of hydrogen-bond donors (Lipinski definition) is 4. The summed E-state index contributed by atoms with van der Waals surface area (Å²) in [5, 5.41) is 45.2. The predicted molar refractivity (Wildman–Crippen MR) is 289 cm³/mol. The molecule has 0 aliphatic heterocycles. The third kappa shape index (κ3) is 10.6. The normalized spacial score (nSPS) is 23.3. The molecule has 6 heterocycles. The highest BCUT2D eigenvalue weighted by Gasteiger charge is 2.37. The number of aliphatic hydroxyl groups excluding tert-OH is 2. The Bertz CT molecular complexity index is 3270. The molecule has 4 aliphatic carbocycles. The highest BCUT2D eigenvalue weighted by Crippen LogP contribution is 2.37. The van der Waals surface area contributed by atoms with Crippen molar-refractivity contribution in [1.82, 2.24) is 58.6 Å². The van der Waals surface area contributed by atoms with Gasteiger partial charge in [-0.3, -0.25) is 28.5 Å². The van der Waals surface area contributed by atoms with Gasteiger partial charge >= 0.3 is 0 Å². The fourth-order valence-electron chi connectivity index (χ4n) is 12.1. The van der Waals surface area contributed by atoms with Gasteiger partial charge in [0.1, 0.15) is 22.9 Å². The number of ether oxygens (including phenoxy) is 2. The van der Waals surface area contributed by atoms with Crippen LogP contribution in [0.4, 0.5) is 11.4 Å². The molecule has 4 N–H and O–H groups in total. The maximum absolute atomic E-state index is 13.2. The molecule has 4 atom stereocenters. The molecular weight excluding hydrogens is 997 g/mol. The van der Waals surface area contributed by atoms with Crippen molar-refractivity contribution >= 4 is 68.1 Å². The van der Waals surface area contributed by atoms with Crippen molar-refractivity contribution in [2.75, 3.05) is 38.9 Å². The first kappa shape index (κ1) is 52.1. The van der Waals surface area contributed by atoms with Crippen LogP contribution in [-0.4, -0.2) is 145 Å². The first-order valence-corrected chi connectivity index (χ1v) is 27.0. The number of anilines is 2. The molecule has 22 nitrogen and oxygen atoms in total. The van der Waals surface area contributed by atoms with Gasteiger partial charge in [0.15, 0.2) is 11.3 Å². The first-order chi connectivity index (χ1) is 37.8.